The number of aliphatic carboxylic acids is 1. The molecule has 1 N–H and O–H groups in total. The highest BCUT2D eigenvalue weighted by Gasteiger charge is 2.48. The molecular formula is C8H14O4S2. The maximum atomic E-state index is 11.8. The van der Waals surface area contributed by atoms with Crippen LogP contribution < -0.4 is 0 Å². The average molecular weight is 238 g/mol. The lowest BCUT2D eigenvalue weighted by Crippen LogP contribution is -2.43. The van der Waals surface area contributed by atoms with Crippen LogP contribution in [-0.2, 0) is 14.6 Å². The molecule has 14 heavy (non-hydrogen) atoms. The highest BCUT2D eigenvalue weighted by atomic mass is 32.2. The third-order valence-corrected chi connectivity index (χ3v) is 6.28. The van der Waals surface area contributed by atoms with E-state index in [1.54, 1.807) is 0 Å². The van der Waals surface area contributed by atoms with E-state index in [-0.39, 0.29) is 0 Å². The molecule has 0 heterocycles. The summed E-state index contributed by atoms with van der Waals surface area (Å²) in [5, 5.41) is 8.25. The molecule has 0 aromatic heterocycles. The molecule has 0 radical (unpaired) electrons. The summed E-state index contributed by atoms with van der Waals surface area (Å²) < 4.78 is 21.7. The van der Waals surface area contributed by atoms with E-state index in [4.69, 9.17) is 5.11 Å². The Balaban J connectivity index is 3.00. The molecule has 0 bridgehead atoms. The Hall–Kier alpha value is -0.230. The van der Waals surface area contributed by atoms with Crippen molar-refractivity contribution in [2.45, 2.75) is 41.9 Å². The molecule has 1 unspecified atom stereocenters. The van der Waals surface area contributed by atoms with Crippen LogP contribution in [0.5, 0.6) is 0 Å². The van der Waals surface area contributed by atoms with E-state index in [1.165, 1.54) is 0 Å². The second-order valence-electron chi connectivity index (χ2n) is 3.74. The predicted molar refractivity (Wildman–Crippen MR) is 56.2 cm³/mol. The highest BCUT2D eigenvalue weighted by molar-refractivity contribution is 8.07. The van der Waals surface area contributed by atoms with Crippen molar-refractivity contribution in [3.8, 4) is 0 Å². The molecule has 0 aromatic rings. The SMILES string of the molecule is CC(S)(C(=O)O)S(=O)(=O)C1CCCC1. The van der Waals surface area contributed by atoms with Crippen LogP contribution in [-0.4, -0.2) is 28.8 Å². The molecule has 1 saturated carbocycles. The molecule has 82 valence electrons. The standard InChI is InChI=1S/C8H14O4S2/c1-8(13,7(9)10)14(11,12)6-4-2-3-5-6/h6,13H,2-5H2,1H3,(H,9,10). The monoisotopic (exact) mass is 238 g/mol. The van der Waals surface area contributed by atoms with Crippen LogP contribution in [0, 0.1) is 0 Å². The second kappa shape index (κ2) is 3.73. The van der Waals surface area contributed by atoms with Gasteiger partial charge >= 0.3 is 5.97 Å². The summed E-state index contributed by atoms with van der Waals surface area (Å²) in [6.07, 6.45) is 2.83. The largest absolute Gasteiger partial charge is 0.479 e. The van der Waals surface area contributed by atoms with E-state index in [2.05, 4.69) is 12.6 Å². The Labute approximate surface area is 89.0 Å². The van der Waals surface area contributed by atoms with Gasteiger partial charge in [0.15, 0.2) is 9.84 Å². The van der Waals surface area contributed by atoms with Crippen molar-refractivity contribution in [1.82, 2.24) is 0 Å². The molecule has 0 spiro atoms. The number of carboxylic acids is 1. The summed E-state index contributed by atoms with van der Waals surface area (Å²) in [4.78, 5) is 10.8. The summed E-state index contributed by atoms with van der Waals surface area (Å²) in [6.45, 7) is 1.13. The molecule has 1 aliphatic carbocycles. The average Bonchev–Trinajstić information content (AvgIpc) is 2.55. The summed E-state index contributed by atoms with van der Waals surface area (Å²) in [5.74, 6) is -1.40. The van der Waals surface area contributed by atoms with Crippen molar-refractivity contribution < 1.29 is 18.3 Å². The van der Waals surface area contributed by atoms with Gasteiger partial charge in [0.25, 0.3) is 0 Å². The topological polar surface area (TPSA) is 71.4 Å². The lowest BCUT2D eigenvalue weighted by Gasteiger charge is -2.22. The van der Waals surface area contributed by atoms with Gasteiger partial charge in [-0.05, 0) is 19.8 Å². The second-order valence-corrected chi connectivity index (χ2v) is 7.51. The van der Waals surface area contributed by atoms with Crippen LogP contribution in [0.15, 0.2) is 0 Å². The van der Waals surface area contributed by atoms with Gasteiger partial charge in [-0.1, -0.05) is 12.8 Å². The van der Waals surface area contributed by atoms with Crippen molar-refractivity contribution in [1.29, 1.82) is 0 Å². The highest BCUT2D eigenvalue weighted by Crippen LogP contribution is 2.34. The quantitative estimate of drug-likeness (QED) is 0.722. The Morgan fingerprint density at radius 3 is 2.21 bits per heavy atom. The summed E-state index contributed by atoms with van der Waals surface area (Å²) >= 11 is 3.75. The van der Waals surface area contributed by atoms with Gasteiger partial charge in [-0.25, -0.2) is 13.2 Å². The van der Waals surface area contributed by atoms with Crippen molar-refractivity contribution in [3.63, 3.8) is 0 Å². The minimum atomic E-state index is -3.67. The molecule has 0 amide bonds. The van der Waals surface area contributed by atoms with Gasteiger partial charge in [-0.15, -0.1) is 12.6 Å². The Morgan fingerprint density at radius 1 is 1.43 bits per heavy atom. The van der Waals surface area contributed by atoms with Gasteiger partial charge in [0.05, 0.1) is 5.25 Å². The lowest BCUT2D eigenvalue weighted by molar-refractivity contribution is -0.137. The zero-order valence-corrected chi connectivity index (χ0v) is 9.64. The minimum absolute atomic E-state index is 0.527. The van der Waals surface area contributed by atoms with Crippen molar-refractivity contribution in [2.75, 3.05) is 0 Å². The summed E-state index contributed by atoms with van der Waals surface area (Å²) in [5.41, 5.74) is 0. The predicted octanol–water partition coefficient (Wildman–Crippen LogP) is 1.07. The molecule has 0 aliphatic heterocycles. The first-order valence-electron chi connectivity index (χ1n) is 4.49. The van der Waals surface area contributed by atoms with E-state index in [0.29, 0.717) is 12.8 Å². The normalized spacial score (nSPS) is 23.3. The van der Waals surface area contributed by atoms with Gasteiger partial charge < -0.3 is 5.11 Å². The van der Waals surface area contributed by atoms with Crippen LogP contribution in [0.1, 0.15) is 32.6 Å². The first-order valence-corrected chi connectivity index (χ1v) is 6.48. The minimum Gasteiger partial charge on any atom is -0.479 e. The fraction of sp³-hybridized carbons (Fsp3) is 0.875. The fourth-order valence-electron chi connectivity index (χ4n) is 1.64. The van der Waals surface area contributed by atoms with Crippen molar-refractivity contribution >= 4 is 28.4 Å². The van der Waals surface area contributed by atoms with E-state index in [0.717, 1.165) is 19.8 Å². The van der Waals surface area contributed by atoms with Gasteiger partial charge in [-0.2, -0.15) is 0 Å². The number of hydrogen-bond donors (Lipinski definition) is 2. The van der Waals surface area contributed by atoms with Gasteiger partial charge in [0.1, 0.15) is 0 Å². The van der Waals surface area contributed by atoms with Gasteiger partial charge in [0, 0.05) is 0 Å². The van der Waals surface area contributed by atoms with Crippen molar-refractivity contribution in [2.24, 2.45) is 0 Å². The number of carboxylic acid groups (broad SMARTS) is 1. The van der Waals surface area contributed by atoms with E-state index in [1.807, 2.05) is 0 Å². The van der Waals surface area contributed by atoms with Gasteiger partial charge in [-0.3, -0.25) is 0 Å². The zero-order chi connectivity index (χ0) is 11.0. The third-order valence-electron chi connectivity index (χ3n) is 2.69. The zero-order valence-electron chi connectivity index (χ0n) is 7.93. The lowest BCUT2D eigenvalue weighted by atomic mass is 10.4. The molecule has 1 aliphatic rings. The van der Waals surface area contributed by atoms with Gasteiger partial charge in [0.2, 0.25) is 4.08 Å². The number of hydrogen-bond acceptors (Lipinski definition) is 4. The molecule has 4 nitrogen and oxygen atoms in total. The summed E-state index contributed by atoms with van der Waals surface area (Å²) in [7, 11) is -3.67. The maximum absolute atomic E-state index is 11.8. The Bertz CT molecular complexity index is 325. The molecular weight excluding hydrogens is 224 g/mol. The van der Waals surface area contributed by atoms with E-state index >= 15 is 0 Å². The van der Waals surface area contributed by atoms with Crippen LogP contribution in [0.4, 0.5) is 0 Å². The van der Waals surface area contributed by atoms with E-state index < -0.39 is 25.1 Å². The van der Waals surface area contributed by atoms with Crippen LogP contribution in [0.25, 0.3) is 0 Å². The molecule has 1 atom stereocenters. The van der Waals surface area contributed by atoms with E-state index in [9.17, 15) is 13.2 Å². The number of carbonyl (C=O) groups is 1. The molecule has 0 aromatic carbocycles. The van der Waals surface area contributed by atoms with Crippen LogP contribution >= 0.6 is 12.6 Å². The first-order chi connectivity index (χ1) is 6.30. The number of thiol groups is 1. The Morgan fingerprint density at radius 2 is 1.86 bits per heavy atom. The molecule has 1 fully saturated rings. The van der Waals surface area contributed by atoms with Crippen molar-refractivity contribution in [3.05, 3.63) is 0 Å². The smallest absolute Gasteiger partial charge is 0.334 e. The number of rotatable bonds is 3. The third kappa shape index (κ3) is 1.77. The fourth-order valence-corrected chi connectivity index (χ4v) is 3.94. The molecule has 1 rings (SSSR count). The maximum Gasteiger partial charge on any atom is 0.334 e. The van der Waals surface area contributed by atoms with Crippen LogP contribution in [0.2, 0.25) is 0 Å². The first kappa shape index (κ1) is 11.8. The summed E-state index contributed by atoms with van der Waals surface area (Å²) in [6, 6.07) is 0. The number of sulfone groups is 1. The molecule has 6 heteroatoms. The Kier molecular flexibility index (Phi) is 3.16. The van der Waals surface area contributed by atoms with Crippen LogP contribution in [0.3, 0.4) is 0 Å². The molecule has 0 saturated heterocycles.